The summed E-state index contributed by atoms with van der Waals surface area (Å²) in [5.41, 5.74) is 0. The molecule has 0 atom stereocenters. The van der Waals surface area contributed by atoms with E-state index < -0.39 is 0 Å². The highest BCUT2D eigenvalue weighted by atomic mass is 32.2. The molecule has 66 valence electrons. The average Bonchev–Trinajstić information content (AvgIpc) is 2.26. The maximum Gasteiger partial charge on any atom is 0.0450 e. The van der Waals surface area contributed by atoms with Crippen molar-refractivity contribution in [1.82, 2.24) is 4.90 Å². The van der Waals surface area contributed by atoms with E-state index in [1.54, 1.807) is 0 Å². The van der Waals surface area contributed by atoms with Gasteiger partial charge in [-0.2, -0.15) is 0 Å². The predicted octanol–water partition coefficient (Wildman–Crippen LogP) is 2.57. The van der Waals surface area contributed by atoms with Gasteiger partial charge in [0.2, 0.25) is 0 Å². The molecule has 0 aromatic rings. The molecule has 0 bridgehead atoms. The Hall–Kier alpha value is 0.310. The summed E-state index contributed by atoms with van der Waals surface area (Å²) in [6.45, 7) is 9.51. The van der Waals surface area contributed by atoms with E-state index in [2.05, 4.69) is 37.4 Å². The Morgan fingerprint density at radius 1 is 1.45 bits per heavy atom. The van der Waals surface area contributed by atoms with Crippen LogP contribution in [-0.4, -0.2) is 28.6 Å². The molecule has 1 aliphatic heterocycles. The van der Waals surface area contributed by atoms with Crippen molar-refractivity contribution in [2.45, 2.75) is 38.4 Å². The van der Waals surface area contributed by atoms with E-state index in [1.165, 1.54) is 31.8 Å². The summed E-state index contributed by atoms with van der Waals surface area (Å²) in [7, 11) is 0. The van der Waals surface area contributed by atoms with Gasteiger partial charge >= 0.3 is 0 Å². The zero-order chi connectivity index (χ0) is 8.32. The van der Waals surface area contributed by atoms with Crippen molar-refractivity contribution < 1.29 is 0 Å². The Morgan fingerprint density at radius 2 is 2.18 bits per heavy atom. The van der Waals surface area contributed by atoms with Crippen molar-refractivity contribution in [3.63, 3.8) is 0 Å². The molecule has 2 heteroatoms. The molecule has 0 aromatic carbocycles. The highest BCUT2D eigenvalue weighted by Crippen LogP contribution is 2.32. The SMILES string of the molecule is CCCCN1CSC(C)(C)C1. The molecule has 0 saturated carbocycles. The van der Waals surface area contributed by atoms with Crippen LogP contribution in [0, 0.1) is 0 Å². The summed E-state index contributed by atoms with van der Waals surface area (Å²) in [4.78, 5) is 2.56. The van der Waals surface area contributed by atoms with Crippen molar-refractivity contribution in [1.29, 1.82) is 0 Å². The molecule has 0 spiro atoms. The van der Waals surface area contributed by atoms with E-state index in [1.807, 2.05) is 0 Å². The number of hydrogen-bond acceptors (Lipinski definition) is 2. The Kier molecular flexibility index (Phi) is 3.26. The lowest BCUT2D eigenvalue weighted by Gasteiger charge is -2.17. The van der Waals surface area contributed by atoms with Gasteiger partial charge in [0, 0.05) is 17.2 Å². The van der Waals surface area contributed by atoms with Crippen LogP contribution in [0.15, 0.2) is 0 Å². The molecule has 1 aliphatic rings. The van der Waals surface area contributed by atoms with Crippen molar-refractivity contribution >= 4 is 11.8 Å². The molecule has 0 amide bonds. The average molecular weight is 173 g/mol. The van der Waals surface area contributed by atoms with Crippen LogP contribution in [-0.2, 0) is 0 Å². The third-order valence-corrected chi connectivity index (χ3v) is 3.47. The largest absolute Gasteiger partial charge is 0.293 e. The molecular formula is C9H19NS. The lowest BCUT2D eigenvalue weighted by Crippen LogP contribution is -2.27. The minimum absolute atomic E-state index is 0.508. The summed E-state index contributed by atoms with van der Waals surface area (Å²) in [6.07, 6.45) is 2.68. The monoisotopic (exact) mass is 173 g/mol. The zero-order valence-corrected chi connectivity index (χ0v) is 8.71. The van der Waals surface area contributed by atoms with Gasteiger partial charge in [0.15, 0.2) is 0 Å². The molecular weight excluding hydrogens is 154 g/mol. The molecule has 0 aliphatic carbocycles. The van der Waals surface area contributed by atoms with E-state index >= 15 is 0 Å². The summed E-state index contributed by atoms with van der Waals surface area (Å²) in [6, 6.07) is 0. The predicted molar refractivity (Wildman–Crippen MR) is 53.0 cm³/mol. The fraction of sp³-hybridized carbons (Fsp3) is 1.00. The van der Waals surface area contributed by atoms with Crippen LogP contribution in [0.3, 0.4) is 0 Å². The van der Waals surface area contributed by atoms with Gasteiger partial charge < -0.3 is 0 Å². The van der Waals surface area contributed by atoms with Crippen molar-refractivity contribution in [3.8, 4) is 0 Å². The highest BCUT2D eigenvalue weighted by molar-refractivity contribution is 8.00. The second-order valence-electron chi connectivity index (χ2n) is 3.94. The number of thioether (sulfide) groups is 1. The summed E-state index contributed by atoms with van der Waals surface area (Å²) in [5.74, 6) is 1.24. The molecule has 0 N–H and O–H groups in total. The van der Waals surface area contributed by atoms with Gasteiger partial charge in [-0.15, -0.1) is 11.8 Å². The van der Waals surface area contributed by atoms with Crippen molar-refractivity contribution in [2.75, 3.05) is 19.0 Å². The van der Waals surface area contributed by atoms with Crippen LogP contribution in [0.1, 0.15) is 33.6 Å². The van der Waals surface area contributed by atoms with Crippen LogP contribution >= 0.6 is 11.8 Å². The molecule has 0 unspecified atom stereocenters. The Balaban J connectivity index is 2.20. The van der Waals surface area contributed by atoms with Gasteiger partial charge in [-0.1, -0.05) is 13.3 Å². The first-order valence-electron chi connectivity index (χ1n) is 4.50. The molecule has 0 radical (unpaired) electrons. The second kappa shape index (κ2) is 3.81. The van der Waals surface area contributed by atoms with Gasteiger partial charge in [0.25, 0.3) is 0 Å². The Bertz CT molecular complexity index is 123. The Morgan fingerprint density at radius 3 is 2.64 bits per heavy atom. The van der Waals surface area contributed by atoms with Gasteiger partial charge in [-0.05, 0) is 26.8 Å². The number of hydrogen-bond donors (Lipinski definition) is 0. The topological polar surface area (TPSA) is 3.24 Å². The van der Waals surface area contributed by atoms with Crippen molar-refractivity contribution in [2.24, 2.45) is 0 Å². The normalized spacial score (nSPS) is 24.3. The lowest BCUT2D eigenvalue weighted by molar-refractivity contribution is 0.316. The van der Waals surface area contributed by atoms with Gasteiger partial charge in [-0.3, -0.25) is 4.90 Å². The maximum atomic E-state index is 2.56. The standard InChI is InChI=1S/C9H19NS/c1-4-5-6-10-7-9(2,3)11-8-10/h4-8H2,1-3H3. The summed E-state index contributed by atoms with van der Waals surface area (Å²) in [5, 5.41) is 0. The van der Waals surface area contributed by atoms with Crippen LogP contribution in [0.25, 0.3) is 0 Å². The minimum Gasteiger partial charge on any atom is -0.293 e. The van der Waals surface area contributed by atoms with Crippen LogP contribution < -0.4 is 0 Å². The molecule has 1 nitrogen and oxygen atoms in total. The number of rotatable bonds is 3. The lowest BCUT2D eigenvalue weighted by atomic mass is 10.2. The molecule has 1 saturated heterocycles. The quantitative estimate of drug-likeness (QED) is 0.645. The van der Waals surface area contributed by atoms with Crippen LogP contribution in [0.4, 0.5) is 0 Å². The fourth-order valence-corrected chi connectivity index (χ4v) is 2.45. The van der Waals surface area contributed by atoms with Gasteiger partial charge in [0.1, 0.15) is 0 Å². The first-order chi connectivity index (χ1) is 5.14. The summed E-state index contributed by atoms with van der Waals surface area (Å²) >= 11 is 2.08. The molecule has 11 heavy (non-hydrogen) atoms. The van der Waals surface area contributed by atoms with Crippen LogP contribution in [0.5, 0.6) is 0 Å². The second-order valence-corrected chi connectivity index (χ2v) is 5.59. The molecule has 1 heterocycles. The Labute approximate surface area is 74.5 Å². The molecule has 1 fully saturated rings. The first-order valence-corrected chi connectivity index (χ1v) is 5.49. The molecule has 0 aromatic heterocycles. The smallest absolute Gasteiger partial charge is 0.0450 e. The van der Waals surface area contributed by atoms with E-state index in [9.17, 15) is 0 Å². The summed E-state index contributed by atoms with van der Waals surface area (Å²) < 4.78 is 0.508. The minimum atomic E-state index is 0.508. The molecule has 1 rings (SSSR count). The first kappa shape index (κ1) is 9.40. The van der Waals surface area contributed by atoms with Crippen LogP contribution in [0.2, 0.25) is 0 Å². The van der Waals surface area contributed by atoms with E-state index in [-0.39, 0.29) is 0 Å². The third-order valence-electron chi connectivity index (χ3n) is 2.07. The van der Waals surface area contributed by atoms with Gasteiger partial charge in [0.05, 0.1) is 0 Å². The number of nitrogens with zero attached hydrogens (tertiary/aromatic N) is 1. The van der Waals surface area contributed by atoms with E-state index in [0.29, 0.717) is 4.75 Å². The maximum absolute atomic E-state index is 2.56. The highest BCUT2D eigenvalue weighted by Gasteiger charge is 2.28. The van der Waals surface area contributed by atoms with Crippen molar-refractivity contribution in [3.05, 3.63) is 0 Å². The van der Waals surface area contributed by atoms with E-state index in [4.69, 9.17) is 0 Å². The van der Waals surface area contributed by atoms with E-state index in [0.717, 1.165) is 0 Å². The van der Waals surface area contributed by atoms with Gasteiger partial charge in [-0.25, -0.2) is 0 Å². The fourth-order valence-electron chi connectivity index (χ4n) is 1.42. The zero-order valence-electron chi connectivity index (χ0n) is 7.89. The third kappa shape index (κ3) is 3.04. The number of unbranched alkanes of at least 4 members (excludes halogenated alkanes) is 1.